The molecule has 0 aliphatic rings. The van der Waals surface area contributed by atoms with E-state index in [-0.39, 0.29) is 0 Å². The van der Waals surface area contributed by atoms with Gasteiger partial charge in [0, 0.05) is 12.5 Å². The SMILES string of the molecule is COc1ccccc1[C@H](C#N)OC(C)=O. The van der Waals surface area contributed by atoms with Crippen LogP contribution >= 0.6 is 0 Å². The van der Waals surface area contributed by atoms with Crippen LogP contribution in [0.4, 0.5) is 0 Å². The maximum absolute atomic E-state index is 10.8. The number of esters is 1. The van der Waals surface area contributed by atoms with Crippen molar-refractivity contribution in [3.05, 3.63) is 29.8 Å². The number of benzene rings is 1. The van der Waals surface area contributed by atoms with Crippen LogP contribution in [0.5, 0.6) is 5.75 Å². The first-order valence-corrected chi connectivity index (χ1v) is 4.38. The third-order valence-electron chi connectivity index (χ3n) is 1.82. The summed E-state index contributed by atoms with van der Waals surface area (Å²) in [6, 6.07) is 8.84. The van der Waals surface area contributed by atoms with Crippen molar-refractivity contribution >= 4 is 5.97 Å². The molecule has 0 spiro atoms. The Morgan fingerprint density at radius 3 is 2.67 bits per heavy atom. The molecule has 78 valence electrons. The minimum Gasteiger partial charge on any atom is -0.496 e. The molecule has 4 nitrogen and oxygen atoms in total. The molecule has 0 radical (unpaired) electrons. The molecule has 0 aliphatic heterocycles. The van der Waals surface area contributed by atoms with Gasteiger partial charge in [0.2, 0.25) is 6.10 Å². The minimum atomic E-state index is -0.918. The summed E-state index contributed by atoms with van der Waals surface area (Å²) in [6.45, 7) is 1.26. The minimum absolute atomic E-state index is 0.493. The predicted octanol–water partition coefficient (Wildman–Crippen LogP) is 1.82. The predicted molar refractivity (Wildman–Crippen MR) is 53.1 cm³/mol. The first-order valence-electron chi connectivity index (χ1n) is 4.38. The van der Waals surface area contributed by atoms with Crippen LogP contribution in [-0.4, -0.2) is 13.1 Å². The lowest BCUT2D eigenvalue weighted by Gasteiger charge is -2.12. The second-order valence-electron chi connectivity index (χ2n) is 2.86. The molecule has 0 fully saturated rings. The van der Waals surface area contributed by atoms with Crippen molar-refractivity contribution in [2.24, 2.45) is 0 Å². The number of rotatable bonds is 3. The number of ether oxygens (including phenoxy) is 2. The topological polar surface area (TPSA) is 59.3 Å². The fraction of sp³-hybridized carbons (Fsp3) is 0.273. The van der Waals surface area contributed by atoms with Gasteiger partial charge in [-0.05, 0) is 6.07 Å². The number of carbonyl (C=O) groups is 1. The molecular formula is C11H11NO3. The Morgan fingerprint density at radius 2 is 2.13 bits per heavy atom. The number of hydrogen-bond acceptors (Lipinski definition) is 4. The smallest absolute Gasteiger partial charge is 0.304 e. The van der Waals surface area contributed by atoms with Crippen molar-refractivity contribution < 1.29 is 14.3 Å². The van der Waals surface area contributed by atoms with Crippen LogP contribution in [0, 0.1) is 11.3 Å². The molecule has 0 saturated heterocycles. The van der Waals surface area contributed by atoms with E-state index in [1.165, 1.54) is 14.0 Å². The Balaban J connectivity index is 3.02. The number of nitriles is 1. The highest BCUT2D eigenvalue weighted by atomic mass is 16.5. The summed E-state index contributed by atoms with van der Waals surface area (Å²) in [6.07, 6.45) is -0.918. The van der Waals surface area contributed by atoms with Gasteiger partial charge in [-0.2, -0.15) is 5.26 Å². The molecule has 0 N–H and O–H groups in total. The first kappa shape index (κ1) is 11.1. The summed E-state index contributed by atoms with van der Waals surface area (Å²) in [5, 5.41) is 8.87. The van der Waals surface area contributed by atoms with Gasteiger partial charge < -0.3 is 9.47 Å². The molecule has 0 saturated carbocycles. The van der Waals surface area contributed by atoms with Gasteiger partial charge >= 0.3 is 5.97 Å². The molecule has 15 heavy (non-hydrogen) atoms. The molecule has 0 amide bonds. The van der Waals surface area contributed by atoms with Crippen molar-refractivity contribution in [2.45, 2.75) is 13.0 Å². The highest BCUT2D eigenvalue weighted by molar-refractivity contribution is 5.66. The Labute approximate surface area is 88.0 Å². The molecular weight excluding hydrogens is 194 g/mol. The zero-order chi connectivity index (χ0) is 11.3. The monoisotopic (exact) mass is 205 g/mol. The van der Waals surface area contributed by atoms with Crippen LogP contribution in [0.15, 0.2) is 24.3 Å². The molecule has 1 aromatic carbocycles. The van der Waals surface area contributed by atoms with Crippen molar-refractivity contribution in [3.8, 4) is 11.8 Å². The van der Waals surface area contributed by atoms with Crippen LogP contribution < -0.4 is 4.74 Å². The molecule has 1 atom stereocenters. The average molecular weight is 205 g/mol. The first-order chi connectivity index (χ1) is 7.19. The van der Waals surface area contributed by atoms with Crippen LogP contribution in [-0.2, 0) is 9.53 Å². The lowest BCUT2D eigenvalue weighted by Crippen LogP contribution is -2.07. The third-order valence-corrected chi connectivity index (χ3v) is 1.82. The van der Waals surface area contributed by atoms with Gasteiger partial charge in [0.05, 0.1) is 7.11 Å². The largest absolute Gasteiger partial charge is 0.496 e. The summed E-state index contributed by atoms with van der Waals surface area (Å²) in [5.74, 6) is 0.0396. The number of methoxy groups -OCH3 is 1. The zero-order valence-corrected chi connectivity index (χ0v) is 8.56. The van der Waals surface area contributed by atoms with Crippen LogP contribution in [0.2, 0.25) is 0 Å². The number of nitrogens with zero attached hydrogens (tertiary/aromatic N) is 1. The van der Waals surface area contributed by atoms with Crippen LogP contribution in [0.25, 0.3) is 0 Å². The molecule has 4 heteroatoms. The summed E-state index contributed by atoms with van der Waals surface area (Å²) < 4.78 is 9.92. The van der Waals surface area contributed by atoms with E-state index in [2.05, 4.69) is 0 Å². The summed E-state index contributed by atoms with van der Waals surface area (Å²) in [7, 11) is 1.50. The normalized spacial score (nSPS) is 11.3. The molecule has 0 unspecified atom stereocenters. The Kier molecular flexibility index (Phi) is 3.69. The van der Waals surface area contributed by atoms with E-state index in [0.717, 1.165) is 0 Å². The molecule has 0 aliphatic carbocycles. The molecule has 0 bridgehead atoms. The number of para-hydroxylation sites is 1. The second kappa shape index (κ2) is 5.01. The van der Waals surface area contributed by atoms with E-state index in [1.807, 2.05) is 6.07 Å². The standard InChI is InChI=1S/C11H11NO3/c1-8(13)15-11(7-12)9-5-3-4-6-10(9)14-2/h3-6,11H,1-2H3/t11-/m0/s1. The average Bonchev–Trinajstić information content (AvgIpc) is 2.25. The van der Waals surface area contributed by atoms with Crippen molar-refractivity contribution in [1.29, 1.82) is 5.26 Å². The molecule has 0 heterocycles. The van der Waals surface area contributed by atoms with Gasteiger partial charge in [-0.3, -0.25) is 4.79 Å². The van der Waals surface area contributed by atoms with E-state index in [4.69, 9.17) is 14.7 Å². The van der Waals surface area contributed by atoms with E-state index in [9.17, 15) is 4.79 Å². The lowest BCUT2D eigenvalue weighted by molar-refractivity contribution is -0.144. The highest BCUT2D eigenvalue weighted by Gasteiger charge is 2.17. The maximum atomic E-state index is 10.8. The van der Waals surface area contributed by atoms with Gasteiger partial charge in [0.1, 0.15) is 11.8 Å². The zero-order valence-electron chi connectivity index (χ0n) is 8.56. The van der Waals surface area contributed by atoms with Crippen LogP contribution in [0.1, 0.15) is 18.6 Å². The Morgan fingerprint density at radius 1 is 1.47 bits per heavy atom. The van der Waals surface area contributed by atoms with E-state index in [0.29, 0.717) is 11.3 Å². The van der Waals surface area contributed by atoms with Crippen molar-refractivity contribution in [1.82, 2.24) is 0 Å². The van der Waals surface area contributed by atoms with Gasteiger partial charge in [0.25, 0.3) is 0 Å². The summed E-state index contributed by atoms with van der Waals surface area (Å²) in [4.78, 5) is 10.8. The lowest BCUT2D eigenvalue weighted by atomic mass is 10.1. The van der Waals surface area contributed by atoms with Gasteiger partial charge in [-0.15, -0.1) is 0 Å². The number of carbonyl (C=O) groups excluding carboxylic acids is 1. The maximum Gasteiger partial charge on any atom is 0.304 e. The highest BCUT2D eigenvalue weighted by Crippen LogP contribution is 2.26. The van der Waals surface area contributed by atoms with E-state index in [1.54, 1.807) is 24.3 Å². The van der Waals surface area contributed by atoms with E-state index < -0.39 is 12.1 Å². The Hall–Kier alpha value is -2.02. The summed E-state index contributed by atoms with van der Waals surface area (Å²) in [5.41, 5.74) is 0.553. The third kappa shape index (κ3) is 2.71. The fourth-order valence-corrected chi connectivity index (χ4v) is 1.21. The van der Waals surface area contributed by atoms with Crippen LogP contribution in [0.3, 0.4) is 0 Å². The van der Waals surface area contributed by atoms with Gasteiger partial charge in [0.15, 0.2) is 0 Å². The Bertz CT molecular complexity index is 395. The molecule has 1 aromatic rings. The van der Waals surface area contributed by atoms with Gasteiger partial charge in [-0.1, -0.05) is 18.2 Å². The molecule has 1 rings (SSSR count). The van der Waals surface area contributed by atoms with Crippen molar-refractivity contribution in [3.63, 3.8) is 0 Å². The van der Waals surface area contributed by atoms with Gasteiger partial charge in [-0.25, -0.2) is 0 Å². The van der Waals surface area contributed by atoms with Crippen molar-refractivity contribution in [2.75, 3.05) is 7.11 Å². The summed E-state index contributed by atoms with van der Waals surface area (Å²) >= 11 is 0. The molecule has 0 aromatic heterocycles. The number of hydrogen-bond donors (Lipinski definition) is 0. The second-order valence-corrected chi connectivity index (χ2v) is 2.86. The fourth-order valence-electron chi connectivity index (χ4n) is 1.21. The quantitative estimate of drug-likeness (QED) is 0.706. The van der Waals surface area contributed by atoms with E-state index >= 15 is 0 Å².